The molecular formula is C14H27N. The van der Waals surface area contributed by atoms with Gasteiger partial charge in [0.2, 0.25) is 0 Å². The Balaban J connectivity index is 2.51. The van der Waals surface area contributed by atoms with Gasteiger partial charge in [-0.2, -0.15) is 0 Å². The van der Waals surface area contributed by atoms with Gasteiger partial charge in [-0.1, -0.05) is 38.8 Å². The van der Waals surface area contributed by atoms with Crippen LogP contribution in [0.4, 0.5) is 0 Å². The van der Waals surface area contributed by atoms with E-state index in [0.717, 1.165) is 12.5 Å². The standard InChI is InChI=1S/C14H27N/c1-4-8-12(3)14(15-11-5-2)13-9-6-7-10-13/h9,12,14-15H,4-8,10-11H2,1-3H3. The number of hydrogen-bond donors (Lipinski definition) is 1. The molecule has 0 amide bonds. The molecule has 1 rings (SSSR count). The van der Waals surface area contributed by atoms with E-state index in [1.807, 2.05) is 0 Å². The fourth-order valence-electron chi connectivity index (χ4n) is 2.60. The number of allylic oxidation sites excluding steroid dienone is 1. The molecule has 15 heavy (non-hydrogen) atoms. The molecule has 0 fully saturated rings. The van der Waals surface area contributed by atoms with E-state index in [1.165, 1.54) is 38.5 Å². The van der Waals surface area contributed by atoms with E-state index in [1.54, 1.807) is 5.57 Å². The maximum atomic E-state index is 3.73. The average molecular weight is 209 g/mol. The monoisotopic (exact) mass is 209 g/mol. The molecule has 0 spiro atoms. The van der Waals surface area contributed by atoms with Gasteiger partial charge in [0, 0.05) is 6.04 Å². The maximum Gasteiger partial charge on any atom is 0.0305 e. The fourth-order valence-corrected chi connectivity index (χ4v) is 2.60. The molecule has 0 aliphatic heterocycles. The first-order chi connectivity index (χ1) is 7.29. The molecule has 2 atom stereocenters. The summed E-state index contributed by atoms with van der Waals surface area (Å²) in [5, 5.41) is 3.73. The second-order valence-corrected chi connectivity index (χ2v) is 4.87. The first-order valence-corrected chi connectivity index (χ1v) is 6.71. The SMILES string of the molecule is CCCNC(C1=CCCC1)C(C)CCC. The molecule has 0 saturated heterocycles. The molecular weight excluding hydrogens is 182 g/mol. The first-order valence-electron chi connectivity index (χ1n) is 6.71. The predicted molar refractivity (Wildman–Crippen MR) is 68.1 cm³/mol. The summed E-state index contributed by atoms with van der Waals surface area (Å²) >= 11 is 0. The van der Waals surface area contributed by atoms with Crippen LogP contribution in [0.3, 0.4) is 0 Å². The van der Waals surface area contributed by atoms with Gasteiger partial charge >= 0.3 is 0 Å². The highest BCUT2D eigenvalue weighted by Crippen LogP contribution is 2.26. The summed E-state index contributed by atoms with van der Waals surface area (Å²) in [5.74, 6) is 0.797. The van der Waals surface area contributed by atoms with Crippen molar-refractivity contribution in [1.29, 1.82) is 0 Å². The average Bonchev–Trinajstić information content (AvgIpc) is 2.72. The molecule has 0 aromatic heterocycles. The van der Waals surface area contributed by atoms with Crippen molar-refractivity contribution in [3.05, 3.63) is 11.6 Å². The molecule has 0 bridgehead atoms. The van der Waals surface area contributed by atoms with Gasteiger partial charge in [0.1, 0.15) is 0 Å². The Morgan fingerprint density at radius 3 is 2.67 bits per heavy atom. The highest BCUT2D eigenvalue weighted by atomic mass is 14.9. The van der Waals surface area contributed by atoms with Gasteiger partial charge < -0.3 is 5.32 Å². The van der Waals surface area contributed by atoms with Gasteiger partial charge in [0.05, 0.1) is 0 Å². The van der Waals surface area contributed by atoms with E-state index in [9.17, 15) is 0 Å². The van der Waals surface area contributed by atoms with Crippen LogP contribution in [0, 0.1) is 5.92 Å². The summed E-state index contributed by atoms with van der Waals surface area (Å²) < 4.78 is 0. The molecule has 0 saturated carbocycles. The third kappa shape index (κ3) is 3.98. The van der Waals surface area contributed by atoms with E-state index >= 15 is 0 Å². The minimum absolute atomic E-state index is 0.660. The lowest BCUT2D eigenvalue weighted by molar-refractivity contribution is 0.388. The van der Waals surface area contributed by atoms with Crippen molar-refractivity contribution in [3.8, 4) is 0 Å². The van der Waals surface area contributed by atoms with Gasteiger partial charge in [-0.15, -0.1) is 0 Å². The Bertz CT molecular complexity index is 196. The lowest BCUT2D eigenvalue weighted by Gasteiger charge is -2.26. The van der Waals surface area contributed by atoms with Gasteiger partial charge in [0.15, 0.2) is 0 Å². The third-order valence-electron chi connectivity index (χ3n) is 3.40. The van der Waals surface area contributed by atoms with Crippen molar-refractivity contribution in [3.63, 3.8) is 0 Å². The van der Waals surface area contributed by atoms with Crippen molar-refractivity contribution < 1.29 is 0 Å². The molecule has 0 heterocycles. The molecule has 0 aromatic carbocycles. The summed E-state index contributed by atoms with van der Waals surface area (Å²) in [6.45, 7) is 8.10. The quantitative estimate of drug-likeness (QED) is 0.627. The predicted octanol–water partition coefficient (Wildman–Crippen LogP) is 3.90. The lowest BCUT2D eigenvalue weighted by atomic mass is 9.90. The number of hydrogen-bond acceptors (Lipinski definition) is 1. The molecule has 1 aliphatic rings. The summed E-state index contributed by atoms with van der Waals surface area (Å²) in [6, 6.07) is 0.660. The Hall–Kier alpha value is -0.300. The Kier molecular flexibility index (Phi) is 6.00. The molecule has 1 N–H and O–H groups in total. The normalized spacial score (nSPS) is 20.1. The van der Waals surface area contributed by atoms with Crippen LogP contribution in [-0.2, 0) is 0 Å². The molecule has 0 radical (unpaired) electrons. The van der Waals surface area contributed by atoms with Crippen LogP contribution >= 0.6 is 0 Å². The Morgan fingerprint density at radius 1 is 1.33 bits per heavy atom. The van der Waals surface area contributed by atoms with Crippen molar-refractivity contribution in [2.45, 2.75) is 65.3 Å². The van der Waals surface area contributed by atoms with Crippen LogP contribution in [0.15, 0.2) is 11.6 Å². The summed E-state index contributed by atoms with van der Waals surface area (Å²) in [4.78, 5) is 0. The Morgan fingerprint density at radius 2 is 2.13 bits per heavy atom. The fraction of sp³-hybridized carbons (Fsp3) is 0.857. The lowest BCUT2D eigenvalue weighted by Crippen LogP contribution is -2.36. The number of nitrogens with one attached hydrogen (secondary N) is 1. The summed E-state index contributed by atoms with van der Waals surface area (Å²) in [5.41, 5.74) is 1.68. The molecule has 1 aliphatic carbocycles. The van der Waals surface area contributed by atoms with Crippen LogP contribution in [-0.4, -0.2) is 12.6 Å². The zero-order chi connectivity index (χ0) is 11.1. The van der Waals surface area contributed by atoms with Gasteiger partial charge in [0.25, 0.3) is 0 Å². The van der Waals surface area contributed by atoms with E-state index in [2.05, 4.69) is 32.2 Å². The summed E-state index contributed by atoms with van der Waals surface area (Å²) in [6.07, 6.45) is 10.4. The van der Waals surface area contributed by atoms with Gasteiger partial charge in [-0.05, 0) is 44.6 Å². The minimum atomic E-state index is 0.660. The van der Waals surface area contributed by atoms with E-state index in [-0.39, 0.29) is 0 Å². The van der Waals surface area contributed by atoms with Crippen LogP contribution in [0.5, 0.6) is 0 Å². The van der Waals surface area contributed by atoms with Crippen LogP contribution in [0.25, 0.3) is 0 Å². The van der Waals surface area contributed by atoms with Crippen LogP contribution < -0.4 is 5.32 Å². The van der Waals surface area contributed by atoms with Crippen LogP contribution in [0.2, 0.25) is 0 Å². The first kappa shape index (κ1) is 12.8. The maximum absolute atomic E-state index is 3.73. The van der Waals surface area contributed by atoms with Crippen molar-refractivity contribution >= 4 is 0 Å². The molecule has 0 aromatic rings. The van der Waals surface area contributed by atoms with E-state index < -0.39 is 0 Å². The van der Waals surface area contributed by atoms with Crippen molar-refractivity contribution in [2.24, 2.45) is 5.92 Å². The smallest absolute Gasteiger partial charge is 0.0305 e. The highest BCUT2D eigenvalue weighted by Gasteiger charge is 2.21. The van der Waals surface area contributed by atoms with Gasteiger partial charge in [-0.25, -0.2) is 0 Å². The minimum Gasteiger partial charge on any atom is -0.310 e. The van der Waals surface area contributed by atoms with E-state index in [0.29, 0.717) is 6.04 Å². The molecule has 1 nitrogen and oxygen atoms in total. The second-order valence-electron chi connectivity index (χ2n) is 4.87. The largest absolute Gasteiger partial charge is 0.310 e. The molecule has 1 heteroatoms. The topological polar surface area (TPSA) is 12.0 Å². The van der Waals surface area contributed by atoms with E-state index in [4.69, 9.17) is 0 Å². The van der Waals surface area contributed by atoms with Gasteiger partial charge in [-0.3, -0.25) is 0 Å². The zero-order valence-electron chi connectivity index (χ0n) is 10.7. The molecule has 2 unspecified atom stereocenters. The Labute approximate surface area is 95.3 Å². The highest BCUT2D eigenvalue weighted by molar-refractivity contribution is 5.16. The second kappa shape index (κ2) is 7.05. The molecule has 88 valence electrons. The zero-order valence-corrected chi connectivity index (χ0v) is 10.7. The summed E-state index contributed by atoms with van der Waals surface area (Å²) in [7, 11) is 0. The number of rotatable bonds is 7. The van der Waals surface area contributed by atoms with Crippen molar-refractivity contribution in [1.82, 2.24) is 5.32 Å². The van der Waals surface area contributed by atoms with Crippen molar-refractivity contribution in [2.75, 3.05) is 6.54 Å². The third-order valence-corrected chi connectivity index (χ3v) is 3.40. The van der Waals surface area contributed by atoms with Crippen LogP contribution in [0.1, 0.15) is 59.3 Å².